The van der Waals surface area contributed by atoms with Crippen LogP contribution in [0.25, 0.3) is 0 Å². The summed E-state index contributed by atoms with van der Waals surface area (Å²) in [6, 6.07) is 2.31. The van der Waals surface area contributed by atoms with Crippen molar-refractivity contribution < 1.29 is 44.7 Å². The first-order valence-electron chi connectivity index (χ1n) is 9.31. The largest absolute Gasteiger partial charge is 0.669 e. The fraction of sp³-hybridized carbons (Fsp3) is 0.471. The van der Waals surface area contributed by atoms with Crippen LogP contribution in [0.15, 0.2) is 12.1 Å². The lowest BCUT2D eigenvalue weighted by Gasteiger charge is -2.41. The number of aryl methyl sites for hydroxylation is 1. The maximum absolute atomic E-state index is 12.2. The number of quaternary nitrogens is 1. The molecular formula is C17H24BN3O8. The Morgan fingerprint density at radius 1 is 1.34 bits per heavy atom. The van der Waals surface area contributed by atoms with Crippen LogP contribution in [0, 0.1) is 0 Å². The number of hydrogen-bond acceptors (Lipinski definition) is 8. The van der Waals surface area contributed by atoms with Crippen LogP contribution in [0.3, 0.4) is 0 Å². The predicted octanol–water partition coefficient (Wildman–Crippen LogP) is -2.29. The maximum Gasteiger partial charge on any atom is 0.430 e. The molecule has 2 aliphatic rings. The molecule has 158 valence electrons. The van der Waals surface area contributed by atoms with Gasteiger partial charge < -0.3 is 35.2 Å². The second-order valence-electron chi connectivity index (χ2n) is 7.41. The Morgan fingerprint density at radius 2 is 2.03 bits per heavy atom. The summed E-state index contributed by atoms with van der Waals surface area (Å²) in [4.78, 5) is 36.3. The van der Waals surface area contributed by atoms with Crippen molar-refractivity contribution in [2.75, 3.05) is 13.1 Å². The van der Waals surface area contributed by atoms with Gasteiger partial charge in [-0.3, -0.25) is 10.5 Å². The van der Waals surface area contributed by atoms with Crippen LogP contribution < -0.4 is 20.9 Å². The molecule has 0 bridgehead atoms. The molecule has 29 heavy (non-hydrogen) atoms. The third-order valence-electron chi connectivity index (χ3n) is 5.02. The molecule has 0 aliphatic carbocycles. The van der Waals surface area contributed by atoms with Crippen LogP contribution in [0.1, 0.15) is 28.8 Å². The van der Waals surface area contributed by atoms with E-state index in [9.17, 15) is 29.5 Å². The number of fused-ring (bicyclic) bond motifs is 1. The summed E-state index contributed by atoms with van der Waals surface area (Å²) in [7, 11) is 0. The Balaban J connectivity index is 1.66. The number of carboxylic acid groups (broad SMARTS) is 1. The van der Waals surface area contributed by atoms with Gasteiger partial charge in [0.15, 0.2) is 0 Å². The minimum atomic E-state index is -3.12. The summed E-state index contributed by atoms with van der Waals surface area (Å²) in [5.74, 6) is -2.01. The third-order valence-corrected chi connectivity index (χ3v) is 5.02. The number of nitrogens with zero attached hydrogens (tertiary/aromatic N) is 1. The number of hydrogen-bond donors (Lipinski definition) is 5. The Kier molecular flexibility index (Phi) is 5.80. The van der Waals surface area contributed by atoms with Gasteiger partial charge in [-0.1, -0.05) is 12.4 Å². The zero-order chi connectivity index (χ0) is 21.3. The van der Waals surface area contributed by atoms with E-state index in [2.05, 4.69) is 5.73 Å². The zero-order valence-corrected chi connectivity index (χ0v) is 15.7. The highest BCUT2D eigenvalue weighted by atomic mass is 16.6. The van der Waals surface area contributed by atoms with Crippen molar-refractivity contribution in [1.29, 1.82) is 0 Å². The average Bonchev–Trinajstić information content (AvgIpc) is 2.60. The molecule has 1 saturated heterocycles. The van der Waals surface area contributed by atoms with Gasteiger partial charge in [0, 0.05) is 0 Å². The fourth-order valence-electron chi connectivity index (χ4n) is 3.38. The van der Waals surface area contributed by atoms with Crippen LogP contribution in [0.2, 0.25) is 6.32 Å². The van der Waals surface area contributed by atoms with E-state index in [1.807, 2.05) is 0 Å². The molecule has 2 amide bonds. The van der Waals surface area contributed by atoms with Crippen molar-refractivity contribution in [2.24, 2.45) is 5.73 Å². The predicted molar refractivity (Wildman–Crippen MR) is 98.8 cm³/mol. The van der Waals surface area contributed by atoms with Crippen LogP contribution in [-0.4, -0.2) is 69.8 Å². The molecule has 2 heterocycles. The Bertz CT molecular complexity index is 840. The number of aromatic carboxylic acids is 1. The van der Waals surface area contributed by atoms with Crippen molar-refractivity contribution in [1.82, 2.24) is 4.90 Å². The fourth-order valence-corrected chi connectivity index (χ4v) is 3.38. The Labute approximate surface area is 166 Å². The summed E-state index contributed by atoms with van der Waals surface area (Å²) in [6.45, 7) is -2.68. The van der Waals surface area contributed by atoms with Crippen LogP contribution in [0.5, 0.6) is 11.5 Å². The van der Waals surface area contributed by atoms with Gasteiger partial charge in [0.05, 0.1) is 31.3 Å². The number of amides is 2. The van der Waals surface area contributed by atoms with Crippen molar-refractivity contribution in [3.8, 4) is 11.5 Å². The third kappa shape index (κ3) is 4.67. The van der Waals surface area contributed by atoms with Gasteiger partial charge in [0.2, 0.25) is 5.91 Å². The summed E-state index contributed by atoms with van der Waals surface area (Å²) in [5.41, 5.74) is 9.29. The van der Waals surface area contributed by atoms with E-state index in [-0.39, 0.29) is 67.5 Å². The Hall–Kier alpha value is -2.67. The molecule has 1 fully saturated rings. The second kappa shape index (κ2) is 7.99. The summed E-state index contributed by atoms with van der Waals surface area (Å²) >= 11 is 0. The highest BCUT2D eigenvalue weighted by Crippen LogP contribution is 2.38. The molecule has 0 aromatic heterocycles. The number of benzene rings is 1. The van der Waals surface area contributed by atoms with E-state index in [0.717, 1.165) is 0 Å². The molecular weight excluding hydrogens is 385 g/mol. The first kappa shape index (κ1) is 21.1. The first-order chi connectivity index (χ1) is 13.6. The zero-order valence-electron chi connectivity index (χ0n) is 15.7. The molecule has 1 atom stereocenters. The van der Waals surface area contributed by atoms with Crippen molar-refractivity contribution in [2.45, 2.75) is 37.7 Å². The average molecular weight is 409 g/mol. The smallest absolute Gasteiger partial charge is 0.430 e. The number of carboxylic acids is 1. The summed E-state index contributed by atoms with van der Waals surface area (Å²) < 4.78 is 10.8. The topological polar surface area (TPSA) is 187 Å². The normalized spacial score (nSPS) is 18.8. The SMILES string of the molecule is N[C@H](CCC([NH3+])=O)C(=O)N1CC(Oc2ccc3c(c2C(=O)O)O[B-](O)(O)CC3)C1. The van der Waals surface area contributed by atoms with Crippen LogP contribution >= 0.6 is 0 Å². The Morgan fingerprint density at radius 3 is 2.66 bits per heavy atom. The lowest BCUT2D eigenvalue weighted by molar-refractivity contribution is -0.305. The van der Waals surface area contributed by atoms with E-state index < -0.39 is 24.9 Å². The van der Waals surface area contributed by atoms with E-state index in [0.29, 0.717) is 5.56 Å². The van der Waals surface area contributed by atoms with Gasteiger partial charge in [0.1, 0.15) is 17.4 Å². The van der Waals surface area contributed by atoms with Crippen LogP contribution in [0.4, 0.5) is 0 Å². The van der Waals surface area contributed by atoms with E-state index >= 15 is 0 Å². The maximum atomic E-state index is 12.2. The first-order valence-corrected chi connectivity index (χ1v) is 9.31. The summed E-state index contributed by atoms with van der Waals surface area (Å²) in [6.07, 6.45) is 0.129. The molecule has 1 aromatic carbocycles. The van der Waals surface area contributed by atoms with Crippen molar-refractivity contribution in [3.63, 3.8) is 0 Å². The highest BCUT2D eigenvalue weighted by molar-refractivity contribution is 6.59. The lowest BCUT2D eigenvalue weighted by atomic mass is 9.70. The second-order valence-corrected chi connectivity index (χ2v) is 7.41. The molecule has 2 aliphatic heterocycles. The van der Waals surface area contributed by atoms with E-state index in [1.165, 1.54) is 11.0 Å². The summed E-state index contributed by atoms with van der Waals surface area (Å²) in [5, 5.41) is 29.1. The van der Waals surface area contributed by atoms with Gasteiger partial charge in [-0.15, -0.1) is 0 Å². The number of ether oxygens (including phenoxy) is 1. The molecule has 12 heteroatoms. The van der Waals surface area contributed by atoms with E-state index in [1.54, 1.807) is 6.07 Å². The standard InChI is InChI=1S/C17H23BN3O8/c19-11(2-4-13(20)22)16(23)21-7-10(8-21)28-12-3-1-9-5-6-18(26,27)29-15(9)14(12)17(24)25/h1,3,10-11,26-27H,2,4-8,19H2,(H2,20,22)(H,24,25)/q-1/p+1/t11-/m1/s1. The molecule has 3 rings (SSSR count). The monoisotopic (exact) mass is 409 g/mol. The molecule has 0 saturated carbocycles. The molecule has 0 radical (unpaired) electrons. The molecule has 8 N–H and O–H groups in total. The molecule has 1 aromatic rings. The minimum Gasteiger partial charge on any atom is -0.669 e. The van der Waals surface area contributed by atoms with Gasteiger partial charge in [-0.2, -0.15) is 0 Å². The van der Waals surface area contributed by atoms with Gasteiger partial charge >= 0.3 is 18.6 Å². The number of carbonyl (C=O) groups is 3. The highest BCUT2D eigenvalue weighted by Gasteiger charge is 2.37. The van der Waals surface area contributed by atoms with Crippen LogP contribution in [-0.2, 0) is 16.0 Å². The number of carbonyl (C=O) groups excluding carboxylic acids is 2. The van der Waals surface area contributed by atoms with E-state index in [4.69, 9.17) is 15.1 Å². The van der Waals surface area contributed by atoms with Gasteiger partial charge in [0.25, 0.3) is 0 Å². The van der Waals surface area contributed by atoms with Crippen molar-refractivity contribution >= 4 is 24.5 Å². The minimum absolute atomic E-state index is 0.0219. The number of likely N-dealkylation sites (tertiary alicyclic amines) is 1. The van der Waals surface area contributed by atoms with Gasteiger partial charge in [-0.05, 0) is 24.5 Å². The quantitative estimate of drug-likeness (QED) is 0.309. The van der Waals surface area contributed by atoms with Crippen molar-refractivity contribution in [3.05, 3.63) is 23.3 Å². The van der Waals surface area contributed by atoms with Gasteiger partial charge in [-0.25, -0.2) is 9.59 Å². The molecule has 11 nitrogen and oxygen atoms in total. The number of nitrogens with two attached hydrogens (primary N) is 1. The lowest BCUT2D eigenvalue weighted by Crippen LogP contribution is -2.60. The molecule has 0 unspecified atom stereocenters. The molecule has 0 spiro atoms. The number of rotatable bonds is 7.